The summed E-state index contributed by atoms with van der Waals surface area (Å²) in [6.07, 6.45) is 4.62. The van der Waals surface area contributed by atoms with Crippen LogP contribution in [0.4, 0.5) is 4.79 Å². The number of amides is 2. The van der Waals surface area contributed by atoms with E-state index in [4.69, 9.17) is 0 Å². The molecule has 3 saturated heterocycles. The summed E-state index contributed by atoms with van der Waals surface area (Å²) >= 11 is 0. The van der Waals surface area contributed by atoms with Crippen LogP contribution in [0.2, 0.25) is 0 Å². The molecule has 31 heavy (non-hydrogen) atoms. The van der Waals surface area contributed by atoms with Gasteiger partial charge in [-0.3, -0.25) is 10.4 Å². The second kappa shape index (κ2) is 8.57. The number of aromatic nitrogens is 1. The molecule has 7 heteroatoms. The molecule has 7 nitrogen and oxygen atoms in total. The second-order valence-corrected chi connectivity index (χ2v) is 9.29. The third-order valence-corrected chi connectivity index (χ3v) is 7.26. The van der Waals surface area contributed by atoms with Crippen LogP contribution in [0.5, 0.6) is 0 Å². The van der Waals surface area contributed by atoms with E-state index in [2.05, 4.69) is 76.4 Å². The Hall–Kier alpha value is -2.48. The molecule has 2 aromatic rings. The number of benzene rings is 1. The number of fused-ring (bicyclic) bond motifs is 1. The second-order valence-electron chi connectivity index (χ2n) is 9.29. The predicted octanol–water partition coefficient (Wildman–Crippen LogP) is 2.04. The molecule has 1 aromatic heterocycles. The average molecular weight is 421 g/mol. The van der Waals surface area contributed by atoms with E-state index in [0.717, 1.165) is 32.6 Å². The summed E-state index contributed by atoms with van der Waals surface area (Å²) in [7, 11) is 2.14. The molecule has 5 rings (SSSR count). The van der Waals surface area contributed by atoms with Gasteiger partial charge in [0.2, 0.25) is 0 Å². The van der Waals surface area contributed by atoms with Crippen molar-refractivity contribution in [3.05, 3.63) is 65.5 Å². The first-order chi connectivity index (χ1) is 15.1. The first-order valence-electron chi connectivity index (χ1n) is 11.3. The van der Waals surface area contributed by atoms with E-state index in [1.165, 1.54) is 16.7 Å². The highest BCUT2D eigenvalue weighted by Gasteiger charge is 2.42. The largest absolute Gasteiger partial charge is 0.333 e. The summed E-state index contributed by atoms with van der Waals surface area (Å²) in [5.74, 6) is 0.674. The lowest BCUT2D eigenvalue weighted by molar-refractivity contribution is 0.151. The lowest BCUT2D eigenvalue weighted by Gasteiger charge is -2.37. The Morgan fingerprint density at radius 1 is 1.10 bits per heavy atom. The molecule has 3 unspecified atom stereocenters. The average Bonchev–Trinajstić information content (AvgIpc) is 3.37. The molecule has 3 fully saturated rings. The van der Waals surface area contributed by atoms with Gasteiger partial charge in [0, 0.05) is 56.5 Å². The molecule has 1 aromatic carbocycles. The lowest BCUT2D eigenvalue weighted by Crippen LogP contribution is -2.53. The number of hydrogen-bond donors (Lipinski definition) is 3. The Kier molecular flexibility index (Phi) is 5.65. The number of likely N-dealkylation sites (N-methyl/N-ethyl adjacent to an activating group) is 1. The highest BCUT2D eigenvalue weighted by atomic mass is 16.2. The van der Waals surface area contributed by atoms with E-state index in [-0.39, 0.29) is 18.1 Å². The normalized spacial score (nSPS) is 30.9. The molecule has 0 aliphatic carbocycles. The van der Waals surface area contributed by atoms with Crippen LogP contribution < -0.4 is 16.2 Å². The Balaban J connectivity index is 1.28. The summed E-state index contributed by atoms with van der Waals surface area (Å²) in [6.45, 7) is 5.55. The highest BCUT2D eigenvalue weighted by Crippen LogP contribution is 2.34. The molecule has 3 N–H and O–H groups in total. The molecule has 0 radical (unpaired) electrons. The van der Waals surface area contributed by atoms with Gasteiger partial charge in [-0.25, -0.2) is 10.2 Å². The van der Waals surface area contributed by atoms with E-state index >= 15 is 0 Å². The molecule has 3 aliphatic heterocycles. The number of rotatable bonds is 3. The van der Waals surface area contributed by atoms with Crippen molar-refractivity contribution in [2.45, 2.75) is 37.4 Å². The number of nitrogens with zero attached hydrogens (tertiary/aromatic N) is 3. The Bertz CT molecular complexity index is 921. The predicted molar refractivity (Wildman–Crippen MR) is 120 cm³/mol. The number of hydrogen-bond acceptors (Lipinski definition) is 5. The minimum absolute atomic E-state index is 0.0673. The number of hydrazine groups is 1. The fourth-order valence-electron chi connectivity index (χ4n) is 5.60. The van der Waals surface area contributed by atoms with Gasteiger partial charge in [-0.05, 0) is 49.2 Å². The number of carbonyl (C=O) groups is 1. The van der Waals surface area contributed by atoms with Gasteiger partial charge in [0.15, 0.2) is 0 Å². The smallest absolute Gasteiger partial charge is 0.317 e. The molecule has 0 saturated carbocycles. The Labute approximate surface area is 184 Å². The number of urea groups is 1. The van der Waals surface area contributed by atoms with Crippen molar-refractivity contribution < 1.29 is 4.79 Å². The summed E-state index contributed by atoms with van der Waals surface area (Å²) in [5, 5.41) is 3.38. The zero-order valence-electron chi connectivity index (χ0n) is 18.3. The minimum atomic E-state index is 0.0673. The fraction of sp³-hybridized carbons (Fsp3) is 0.500. The summed E-state index contributed by atoms with van der Waals surface area (Å²) in [5.41, 5.74) is 10.7. The first-order valence-corrected chi connectivity index (χ1v) is 11.3. The van der Waals surface area contributed by atoms with Gasteiger partial charge in [0.05, 0.1) is 12.1 Å². The topological polar surface area (TPSA) is 72.5 Å². The fourth-order valence-corrected chi connectivity index (χ4v) is 5.60. The van der Waals surface area contributed by atoms with E-state index in [1.54, 1.807) is 0 Å². The molecular weight excluding hydrogens is 388 g/mol. The minimum Gasteiger partial charge on any atom is -0.333 e. The molecule has 5 atom stereocenters. The van der Waals surface area contributed by atoms with Crippen LogP contribution in [-0.2, 0) is 0 Å². The van der Waals surface area contributed by atoms with Crippen LogP contribution in [0.15, 0.2) is 48.8 Å². The van der Waals surface area contributed by atoms with Crippen LogP contribution in [-0.4, -0.2) is 66.1 Å². The first kappa shape index (κ1) is 20.4. The van der Waals surface area contributed by atoms with E-state index in [9.17, 15) is 4.79 Å². The number of likely N-dealkylation sites (tertiary alicyclic amines) is 2. The van der Waals surface area contributed by atoms with Gasteiger partial charge in [-0.2, -0.15) is 0 Å². The lowest BCUT2D eigenvalue weighted by atomic mass is 9.85. The number of aryl methyl sites for hydroxylation is 1. The Morgan fingerprint density at radius 2 is 1.90 bits per heavy atom. The SMILES string of the molecule is Cc1ccccc1[C@@H]1CN(C)C[C@H]1NC(=O)N1CCC2NNC(c3ccncc3)C2C1. The van der Waals surface area contributed by atoms with Crippen LogP contribution in [0.1, 0.15) is 35.1 Å². The van der Waals surface area contributed by atoms with Crippen LogP contribution in [0.25, 0.3) is 0 Å². The van der Waals surface area contributed by atoms with Gasteiger partial charge in [0.1, 0.15) is 0 Å². The van der Waals surface area contributed by atoms with Crippen molar-refractivity contribution in [2.75, 3.05) is 33.2 Å². The standard InChI is InChI=1S/C24H32N6O/c1-16-5-3-4-6-18(16)19-13-29(2)15-22(19)26-24(31)30-12-9-21-20(14-30)23(28-27-21)17-7-10-25-11-8-17/h3-8,10-11,19-23,27-28H,9,12-15H2,1-2H3,(H,26,31)/t19-,20?,21?,22+,23?/m0/s1. The zero-order chi connectivity index (χ0) is 21.4. The van der Waals surface area contributed by atoms with Crippen molar-refractivity contribution in [1.82, 2.24) is 31.0 Å². The molecule has 0 spiro atoms. The molecule has 164 valence electrons. The maximum atomic E-state index is 13.3. The number of carbonyl (C=O) groups excluding carboxylic acids is 1. The van der Waals surface area contributed by atoms with Gasteiger partial charge in [-0.1, -0.05) is 24.3 Å². The molecule has 0 bridgehead atoms. The third kappa shape index (κ3) is 4.05. The van der Waals surface area contributed by atoms with Crippen LogP contribution in [0, 0.1) is 12.8 Å². The summed E-state index contributed by atoms with van der Waals surface area (Å²) in [4.78, 5) is 21.8. The van der Waals surface area contributed by atoms with Gasteiger partial charge in [-0.15, -0.1) is 0 Å². The summed E-state index contributed by atoms with van der Waals surface area (Å²) < 4.78 is 0. The van der Waals surface area contributed by atoms with Gasteiger partial charge >= 0.3 is 6.03 Å². The zero-order valence-corrected chi connectivity index (χ0v) is 18.3. The number of piperidine rings is 1. The third-order valence-electron chi connectivity index (χ3n) is 7.26. The molecule has 3 aliphatic rings. The monoisotopic (exact) mass is 420 g/mol. The van der Waals surface area contributed by atoms with E-state index in [0.29, 0.717) is 17.9 Å². The van der Waals surface area contributed by atoms with Crippen molar-refractivity contribution in [1.29, 1.82) is 0 Å². The quantitative estimate of drug-likeness (QED) is 0.709. The maximum absolute atomic E-state index is 13.3. The van der Waals surface area contributed by atoms with E-state index in [1.807, 2.05) is 17.3 Å². The maximum Gasteiger partial charge on any atom is 0.317 e. The molecule has 2 amide bonds. The molecule has 4 heterocycles. The van der Waals surface area contributed by atoms with Crippen molar-refractivity contribution >= 4 is 6.03 Å². The van der Waals surface area contributed by atoms with Crippen LogP contribution in [0.3, 0.4) is 0 Å². The number of nitrogens with one attached hydrogen (secondary N) is 3. The van der Waals surface area contributed by atoms with Gasteiger partial charge < -0.3 is 15.1 Å². The number of pyridine rings is 1. The van der Waals surface area contributed by atoms with Crippen molar-refractivity contribution in [3.8, 4) is 0 Å². The van der Waals surface area contributed by atoms with Crippen molar-refractivity contribution in [2.24, 2.45) is 5.92 Å². The molecular formula is C24H32N6O. The summed E-state index contributed by atoms with van der Waals surface area (Å²) in [6, 6.07) is 13.5. The van der Waals surface area contributed by atoms with Gasteiger partial charge in [0.25, 0.3) is 0 Å². The van der Waals surface area contributed by atoms with Crippen LogP contribution >= 0.6 is 0 Å². The van der Waals surface area contributed by atoms with E-state index < -0.39 is 0 Å². The van der Waals surface area contributed by atoms with Crippen molar-refractivity contribution in [3.63, 3.8) is 0 Å². The highest BCUT2D eigenvalue weighted by molar-refractivity contribution is 5.75. The Morgan fingerprint density at radius 3 is 2.71 bits per heavy atom.